The van der Waals surface area contributed by atoms with Crippen LogP contribution in [0, 0.1) is 5.82 Å². The van der Waals surface area contributed by atoms with Gasteiger partial charge in [-0.05, 0) is 24.3 Å². The van der Waals surface area contributed by atoms with Gasteiger partial charge in [-0.2, -0.15) is 0 Å². The first-order chi connectivity index (χ1) is 18.0. The van der Waals surface area contributed by atoms with Gasteiger partial charge in [0.05, 0.1) is 18.6 Å². The van der Waals surface area contributed by atoms with Crippen LogP contribution in [-0.4, -0.2) is 54.1 Å². The van der Waals surface area contributed by atoms with Crippen LogP contribution in [0.3, 0.4) is 0 Å². The van der Waals surface area contributed by atoms with Crippen LogP contribution in [-0.2, 0) is 17.8 Å². The Balaban J connectivity index is 1.53. The van der Waals surface area contributed by atoms with E-state index in [0.717, 1.165) is 11.1 Å². The van der Waals surface area contributed by atoms with Gasteiger partial charge in [0, 0.05) is 61.4 Å². The van der Waals surface area contributed by atoms with Crippen LogP contribution in [0.15, 0.2) is 71.3 Å². The number of anilines is 1. The third kappa shape index (κ3) is 5.35. The smallest absolute Gasteiger partial charge is 0.289 e. The lowest BCUT2D eigenvalue weighted by Crippen LogP contribution is -2.49. The number of nitrogens with zero attached hydrogens (tertiary/aromatic N) is 4. The van der Waals surface area contributed by atoms with Gasteiger partial charge >= 0.3 is 0 Å². The molecule has 2 aromatic carbocycles. The number of hydrogen-bond acceptors (Lipinski definition) is 6. The summed E-state index contributed by atoms with van der Waals surface area (Å²) >= 11 is 6.40. The average molecular weight is 521 g/mol. The topological polar surface area (TPSA) is 71.7 Å². The van der Waals surface area contributed by atoms with Crippen molar-refractivity contribution in [1.82, 2.24) is 14.9 Å². The van der Waals surface area contributed by atoms with E-state index in [9.17, 15) is 9.18 Å². The zero-order valence-electron chi connectivity index (χ0n) is 20.4. The minimum absolute atomic E-state index is 0.143. The van der Waals surface area contributed by atoms with Crippen molar-refractivity contribution in [2.75, 3.05) is 38.2 Å². The molecule has 1 amide bonds. The maximum atomic E-state index is 14.8. The number of carbonyl (C=O) groups is 1. The van der Waals surface area contributed by atoms with Gasteiger partial charge in [-0.15, -0.1) is 0 Å². The standard InChI is InChI=1S/C28H26ClFN4O3/c1-36-18-24-21(17-20-22(29)9-5-10-23(20)30)27(32-26(31-24)19-7-3-2-4-8-19)33-12-14-34(15-13-33)28(35)25-11-6-16-37-25/h2-11,16H,12-15,17-18H2,1H3. The van der Waals surface area contributed by atoms with Crippen molar-refractivity contribution >= 4 is 23.3 Å². The second kappa shape index (κ2) is 11.1. The number of rotatable bonds is 7. The van der Waals surface area contributed by atoms with Crippen molar-refractivity contribution in [3.05, 3.63) is 100 Å². The van der Waals surface area contributed by atoms with Gasteiger partial charge in [0.15, 0.2) is 11.6 Å². The van der Waals surface area contributed by atoms with Crippen LogP contribution < -0.4 is 4.90 Å². The highest BCUT2D eigenvalue weighted by Crippen LogP contribution is 2.32. The number of ether oxygens (including phenoxy) is 1. The second-order valence-electron chi connectivity index (χ2n) is 8.73. The first kappa shape index (κ1) is 24.9. The van der Waals surface area contributed by atoms with Gasteiger partial charge in [0.2, 0.25) is 0 Å². The zero-order valence-corrected chi connectivity index (χ0v) is 21.1. The fourth-order valence-corrected chi connectivity index (χ4v) is 4.72. The summed E-state index contributed by atoms with van der Waals surface area (Å²) in [5.74, 6) is 1.03. The number of carbonyl (C=O) groups excluding carboxylic acids is 1. The lowest BCUT2D eigenvalue weighted by Gasteiger charge is -2.36. The Hall–Kier alpha value is -3.75. The SMILES string of the molecule is COCc1nc(-c2ccccc2)nc(N2CCN(C(=O)c3ccco3)CC2)c1Cc1c(F)cccc1Cl. The molecule has 1 fully saturated rings. The fraction of sp³-hybridized carbons (Fsp3) is 0.250. The number of furan rings is 1. The predicted molar refractivity (Wildman–Crippen MR) is 139 cm³/mol. The molecule has 2 aromatic heterocycles. The highest BCUT2D eigenvalue weighted by Gasteiger charge is 2.28. The number of amides is 1. The van der Waals surface area contributed by atoms with Crippen LogP contribution in [0.25, 0.3) is 11.4 Å². The van der Waals surface area contributed by atoms with Crippen molar-refractivity contribution in [1.29, 1.82) is 0 Å². The summed E-state index contributed by atoms with van der Waals surface area (Å²) < 4.78 is 25.6. The molecule has 37 heavy (non-hydrogen) atoms. The third-order valence-electron chi connectivity index (χ3n) is 6.40. The number of halogens is 2. The first-order valence-corrected chi connectivity index (χ1v) is 12.4. The highest BCUT2D eigenvalue weighted by atomic mass is 35.5. The molecule has 1 aliphatic rings. The van der Waals surface area contributed by atoms with Crippen molar-refractivity contribution in [2.45, 2.75) is 13.0 Å². The van der Waals surface area contributed by atoms with Crippen LogP contribution in [0.4, 0.5) is 10.2 Å². The fourth-order valence-electron chi connectivity index (χ4n) is 4.49. The van der Waals surface area contributed by atoms with Crippen LogP contribution in [0.5, 0.6) is 0 Å². The Kier molecular flexibility index (Phi) is 7.48. The van der Waals surface area contributed by atoms with Gasteiger partial charge in [0.1, 0.15) is 11.6 Å². The van der Waals surface area contributed by atoms with Crippen LogP contribution >= 0.6 is 11.6 Å². The number of hydrogen-bond donors (Lipinski definition) is 0. The minimum atomic E-state index is -0.386. The molecule has 190 valence electrons. The normalized spacial score (nSPS) is 13.7. The maximum absolute atomic E-state index is 14.8. The molecule has 0 atom stereocenters. The van der Waals surface area contributed by atoms with Gasteiger partial charge in [-0.3, -0.25) is 4.79 Å². The van der Waals surface area contributed by atoms with E-state index in [1.807, 2.05) is 30.3 Å². The molecule has 0 N–H and O–H groups in total. The molecule has 3 heterocycles. The Morgan fingerprint density at radius 1 is 1.00 bits per heavy atom. The monoisotopic (exact) mass is 520 g/mol. The number of methoxy groups -OCH3 is 1. The lowest BCUT2D eigenvalue weighted by atomic mass is 10.0. The van der Waals surface area contributed by atoms with E-state index in [1.54, 1.807) is 36.3 Å². The molecule has 0 bridgehead atoms. The second-order valence-corrected chi connectivity index (χ2v) is 9.14. The molecular weight excluding hydrogens is 495 g/mol. The van der Waals surface area contributed by atoms with Gasteiger partial charge in [-0.25, -0.2) is 14.4 Å². The van der Waals surface area contributed by atoms with E-state index in [-0.39, 0.29) is 24.8 Å². The molecule has 0 saturated carbocycles. The van der Waals surface area contributed by atoms with Gasteiger partial charge in [-0.1, -0.05) is 48.0 Å². The minimum Gasteiger partial charge on any atom is -0.459 e. The molecule has 0 aliphatic carbocycles. The Bertz CT molecular complexity index is 1350. The predicted octanol–water partition coefficient (Wildman–Crippen LogP) is 5.23. The van der Waals surface area contributed by atoms with E-state index < -0.39 is 0 Å². The molecule has 0 spiro atoms. The summed E-state index contributed by atoms with van der Waals surface area (Å²) in [6, 6.07) is 17.7. The Morgan fingerprint density at radius 3 is 2.46 bits per heavy atom. The summed E-state index contributed by atoms with van der Waals surface area (Å²) in [7, 11) is 1.60. The number of aromatic nitrogens is 2. The number of piperazine rings is 1. The van der Waals surface area contributed by atoms with E-state index in [4.69, 9.17) is 30.7 Å². The summed E-state index contributed by atoms with van der Waals surface area (Å²) in [5, 5.41) is 0.343. The largest absolute Gasteiger partial charge is 0.459 e. The molecule has 9 heteroatoms. The molecule has 5 rings (SSSR count). The molecule has 0 radical (unpaired) electrons. The summed E-state index contributed by atoms with van der Waals surface area (Å²) in [6.07, 6.45) is 1.70. The third-order valence-corrected chi connectivity index (χ3v) is 6.75. The molecule has 7 nitrogen and oxygen atoms in total. The summed E-state index contributed by atoms with van der Waals surface area (Å²) in [5.41, 5.74) is 2.66. The van der Waals surface area contributed by atoms with Crippen molar-refractivity contribution < 1.29 is 18.3 Å². The van der Waals surface area contributed by atoms with Crippen molar-refractivity contribution in [3.8, 4) is 11.4 Å². The zero-order chi connectivity index (χ0) is 25.8. The van der Waals surface area contributed by atoms with Gasteiger partial charge in [0.25, 0.3) is 5.91 Å². The van der Waals surface area contributed by atoms with Crippen molar-refractivity contribution in [3.63, 3.8) is 0 Å². The highest BCUT2D eigenvalue weighted by molar-refractivity contribution is 6.31. The lowest BCUT2D eigenvalue weighted by molar-refractivity contribution is 0.0714. The van der Waals surface area contributed by atoms with Crippen LogP contribution in [0.1, 0.15) is 27.4 Å². The average Bonchev–Trinajstić information content (AvgIpc) is 3.47. The maximum Gasteiger partial charge on any atom is 0.289 e. The molecule has 4 aromatic rings. The molecule has 1 saturated heterocycles. The van der Waals surface area contributed by atoms with E-state index in [0.29, 0.717) is 59.9 Å². The van der Waals surface area contributed by atoms with Gasteiger partial charge < -0.3 is 19.0 Å². The molecule has 1 aliphatic heterocycles. The first-order valence-electron chi connectivity index (χ1n) is 12.0. The van der Waals surface area contributed by atoms with E-state index >= 15 is 0 Å². The van der Waals surface area contributed by atoms with E-state index in [2.05, 4.69) is 4.90 Å². The Morgan fingerprint density at radius 2 is 1.78 bits per heavy atom. The van der Waals surface area contributed by atoms with Crippen LogP contribution in [0.2, 0.25) is 5.02 Å². The summed E-state index contributed by atoms with van der Waals surface area (Å²) in [6.45, 7) is 2.30. The van der Waals surface area contributed by atoms with E-state index in [1.165, 1.54) is 12.3 Å². The number of benzene rings is 2. The summed E-state index contributed by atoms with van der Waals surface area (Å²) in [4.78, 5) is 26.4. The quantitative estimate of drug-likeness (QED) is 0.332. The van der Waals surface area contributed by atoms with Crippen molar-refractivity contribution in [2.24, 2.45) is 0 Å². The Labute approximate surface area is 219 Å². The molecule has 0 unspecified atom stereocenters. The molecular formula is C28H26ClFN4O3.